The van der Waals surface area contributed by atoms with Crippen LogP contribution < -0.4 is 5.43 Å². The first kappa shape index (κ1) is 9.57. The monoisotopic (exact) mass is 267 g/mol. The fraction of sp³-hybridized carbons (Fsp3) is 0.286. The van der Waals surface area contributed by atoms with E-state index in [9.17, 15) is 13.2 Å². The lowest BCUT2D eigenvalue weighted by Gasteiger charge is -2.30. The van der Waals surface area contributed by atoms with Gasteiger partial charge in [0.2, 0.25) is 0 Å². The van der Waals surface area contributed by atoms with E-state index in [1.54, 1.807) is 0 Å². The smallest absolute Gasteiger partial charge is 0.286 e. The minimum absolute atomic E-state index is 0.590. The number of hydrogen-bond acceptors (Lipinski definition) is 3. The third kappa shape index (κ3) is 1.41. The van der Waals surface area contributed by atoms with Gasteiger partial charge in [0, 0.05) is 4.48 Å². The van der Waals surface area contributed by atoms with Crippen molar-refractivity contribution in [1.29, 1.82) is 0 Å². The van der Waals surface area contributed by atoms with Gasteiger partial charge in [-0.3, -0.25) is 10.4 Å². The van der Waals surface area contributed by atoms with E-state index in [-0.39, 0.29) is 0 Å². The molecule has 2 heterocycles. The molecule has 14 heavy (non-hydrogen) atoms. The fourth-order valence-corrected chi connectivity index (χ4v) is 1.71. The van der Waals surface area contributed by atoms with E-state index in [4.69, 9.17) is 0 Å². The molecule has 7 heteroatoms. The van der Waals surface area contributed by atoms with Crippen LogP contribution in [0.25, 0.3) is 0 Å². The summed E-state index contributed by atoms with van der Waals surface area (Å²) < 4.78 is 38.0. The maximum Gasteiger partial charge on any atom is 0.432 e. The van der Waals surface area contributed by atoms with Crippen molar-refractivity contribution in [3.63, 3.8) is 0 Å². The van der Waals surface area contributed by atoms with Gasteiger partial charge >= 0.3 is 6.18 Å². The normalized spacial score (nSPS) is 25.4. The molecule has 0 spiro atoms. The highest BCUT2D eigenvalue weighted by atomic mass is 79.9. The maximum absolute atomic E-state index is 12.5. The number of halogens is 4. The molecule has 1 N–H and O–H groups in total. The van der Waals surface area contributed by atoms with Gasteiger partial charge in [-0.2, -0.15) is 13.2 Å². The number of nitrogens with zero attached hydrogens (tertiary/aromatic N) is 2. The third-order valence-electron chi connectivity index (χ3n) is 1.85. The molecule has 0 aromatic rings. The zero-order valence-electron chi connectivity index (χ0n) is 6.72. The van der Waals surface area contributed by atoms with Crippen LogP contribution >= 0.6 is 15.9 Å². The van der Waals surface area contributed by atoms with Crippen LogP contribution in [-0.4, -0.2) is 23.7 Å². The Morgan fingerprint density at radius 3 is 2.79 bits per heavy atom. The first-order valence-corrected chi connectivity index (χ1v) is 4.51. The summed E-state index contributed by atoms with van der Waals surface area (Å²) in [5.41, 5.74) is 1.68. The molecule has 0 bridgehead atoms. The average molecular weight is 268 g/mol. The molecule has 0 aromatic carbocycles. The van der Waals surface area contributed by atoms with Gasteiger partial charge in [0.1, 0.15) is 12.0 Å². The Morgan fingerprint density at radius 1 is 1.43 bits per heavy atom. The van der Waals surface area contributed by atoms with Crippen molar-refractivity contribution in [2.75, 3.05) is 0 Å². The summed E-state index contributed by atoms with van der Waals surface area (Å²) >= 11 is 3.14. The molecule has 76 valence electrons. The minimum Gasteiger partial charge on any atom is -0.286 e. The summed E-state index contributed by atoms with van der Waals surface area (Å²) in [6, 6.07) is 0. The van der Waals surface area contributed by atoms with Crippen molar-refractivity contribution in [3.8, 4) is 0 Å². The number of allylic oxidation sites excluding steroid dienone is 3. The van der Waals surface area contributed by atoms with Crippen LogP contribution in [0.5, 0.6) is 0 Å². The van der Waals surface area contributed by atoms with Crippen molar-refractivity contribution in [1.82, 2.24) is 10.4 Å². The highest BCUT2D eigenvalue weighted by molar-refractivity contribution is 9.11. The van der Waals surface area contributed by atoms with Gasteiger partial charge in [-0.1, -0.05) is 15.9 Å². The third-order valence-corrected chi connectivity index (χ3v) is 2.53. The van der Waals surface area contributed by atoms with Crippen molar-refractivity contribution in [2.45, 2.75) is 12.3 Å². The van der Waals surface area contributed by atoms with Gasteiger partial charge in [-0.15, -0.1) is 0 Å². The lowest BCUT2D eigenvalue weighted by atomic mass is 10.2. The van der Waals surface area contributed by atoms with E-state index in [1.807, 2.05) is 0 Å². The SMILES string of the molecule is FC(F)(F)C1=CC=C(Br)C2N=CNN12. The van der Waals surface area contributed by atoms with E-state index in [0.717, 1.165) is 11.1 Å². The number of alkyl halides is 3. The molecule has 0 aromatic heterocycles. The molecule has 3 nitrogen and oxygen atoms in total. The molecule has 1 atom stereocenters. The lowest BCUT2D eigenvalue weighted by Crippen LogP contribution is -2.44. The van der Waals surface area contributed by atoms with E-state index < -0.39 is 18.0 Å². The molecule has 1 unspecified atom stereocenters. The van der Waals surface area contributed by atoms with Crippen molar-refractivity contribution < 1.29 is 13.2 Å². The van der Waals surface area contributed by atoms with E-state index >= 15 is 0 Å². The van der Waals surface area contributed by atoms with E-state index in [1.165, 1.54) is 12.4 Å². The Balaban J connectivity index is 2.36. The van der Waals surface area contributed by atoms with Crippen molar-refractivity contribution in [2.24, 2.45) is 4.99 Å². The molecule has 0 aliphatic carbocycles. The van der Waals surface area contributed by atoms with Crippen LogP contribution in [0, 0.1) is 0 Å². The molecular formula is C7H5BrF3N3. The predicted octanol–water partition coefficient (Wildman–Crippen LogP) is 1.90. The quantitative estimate of drug-likeness (QED) is 0.726. The zero-order chi connectivity index (χ0) is 10.3. The number of aliphatic imine (C=N–C) groups is 1. The largest absolute Gasteiger partial charge is 0.432 e. The van der Waals surface area contributed by atoms with Gasteiger partial charge in [-0.05, 0) is 12.2 Å². The fourth-order valence-electron chi connectivity index (χ4n) is 1.26. The van der Waals surface area contributed by atoms with Gasteiger partial charge in [0.15, 0.2) is 6.17 Å². The van der Waals surface area contributed by atoms with Crippen LogP contribution in [0.15, 0.2) is 27.3 Å². The summed E-state index contributed by atoms with van der Waals surface area (Å²) in [4.78, 5) is 3.84. The van der Waals surface area contributed by atoms with Crippen LogP contribution in [0.4, 0.5) is 13.2 Å². The Labute approximate surface area is 86.1 Å². The number of fused-ring (bicyclic) bond motifs is 1. The van der Waals surface area contributed by atoms with Gasteiger partial charge < -0.3 is 0 Å². The Kier molecular flexibility index (Phi) is 2.06. The Bertz CT molecular complexity index is 345. The predicted molar refractivity (Wildman–Crippen MR) is 48.4 cm³/mol. The van der Waals surface area contributed by atoms with Crippen LogP contribution in [0.2, 0.25) is 0 Å². The second-order valence-corrected chi connectivity index (χ2v) is 3.67. The lowest BCUT2D eigenvalue weighted by molar-refractivity contribution is -0.115. The molecule has 0 radical (unpaired) electrons. The minimum atomic E-state index is -4.37. The zero-order valence-corrected chi connectivity index (χ0v) is 8.30. The molecule has 0 fully saturated rings. The molecule has 0 saturated carbocycles. The number of hydrogen-bond donors (Lipinski definition) is 1. The molecule has 2 aliphatic heterocycles. The highest BCUT2D eigenvalue weighted by Gasteiger charge is 2.43. The number of rotatable bonds is 0. The first-order chi connectivity index (χ1) is 6.50. The Morgan fingerprint density at radius 2 is 2.14 bits per heavy atom. The summed E-state index contributed by atoms with van der Waals surface area (Å²) in [5.74, 6) is 0. The van der Waals surface area contributed by atoms with Crippen LogP contribution in [-0.2, 0) is 0 Å². The summed E-state index contributed by atoms with van der Waals surface area (Å²) in [7, 11) is 0. The molecule has 2 aliphatic rings. The first-order valence-electron chi connectivity index (χ1n) is 3.72. The van der Waals surface area contributed by atoms with Gasteiger partial charge in [0.05, 0.1) is 0 Å². The van der Waals surface area contributed by atoms with Crippen molar-refractivity contribution in [3.05, 3.63) is 22.3 Å². The highest BCUT2D eigenvalue weighted by Crippen LogP contribution is 2.35. The standard InChI is InChI=1S/C7H5BrF3N3/c8-4-1-2-5(7(9,10)11)14-6(4)12-3-13-14/h1-3,6H,(H,12,13). The van der Waals surface area contributed by atoms with Gasteiger partial charge in [0.25, 0.3) is 0 Å². The van der Waals surface area contributed by atoms with Gasteiger partial charge in [-0.25, -0.2) is 4.99 Å². The summed E-state index contributed by atoms with van der Waals surface area (Å²) in [6.45, 7) is 0. The van der Waals surface area contributed by atoms with Crippen LogP contribution in [0.1, 0.15) is 0 Å². The van der Waals surface area contributed by atoms with E-state index in [0.29, 0.717) is 4.48 Å². The second-order valence-electron chi connectivity index (χ2n) is 2.75. The maximum atomic E-state index is 12.5. The number of hydrazine groups is 1. The second kappa shape index (κ2) is 3.01. The van der Waals surface area contributed by atoms with E-state index in [2.05, 4.69) is 26.3 Å². The van der Waals surface area contributed by atoms with Crippen LogP contribution in [0.3, 0.4) is 0 Å². The van der Waals surface area contributed by atoms with Crippen molar-refractivity contribution >= 4 is 22.3 Å². The molecular weight excluding hydrogens is 263 g/mol. The summed E-state index contributed by atoms with van der Waals surface area (Å²) in [6.07, 6.45) is -1.42. The molecule has 0 amide bonds. The topological polar surface area (TPSA) is 27.6 Å². The number of nitrogens with one attached hydrogen (secondary N) is 1. The Hall–Kier alpha value is -0.980. The average Bonchev–Trinajstić information content (AvgIpc) is 2.50. The molecule has 0 saturated heterocycles. The molecule has 2 rings (SSSR count). The summed E-state index contributed by atoms with van der Waals surface area (Å²) in [5, 5.41) is 0.962.